The van der Waals surface area contributed by atoms with E-state index in [0.717, 1.165) is 17.4 Å². The van der Waals surface area contributed by atoms with E-state index in [2.05, 4.69) is 15.0 Å². The van der Waals surface area contributed by atoms with E-state index in [-0.39, 0.29) is 27.5 Å². The topological polar surface area (TPSA) is 99.9 Å². The molecule has 3 aromatic rings. The lowest BCUT2D eigenvalue weighted by Crippen LogP contribution is -2.07. The number of pyridine rings is 1. The van der Waals surface area contributed by atoms with Crippen molar-refractivity contribution in [2.75, 3.05) is 30.9 Å². The molecule has 0 aliphatic heterocycles. The molecule has 0 bridgehead atoms. The minimum absolute atomic E-state index is 0.0306. The highest BCUT2D eigenvalue weighted by atomic mass is 32.2. The van der Waals surface area contributed by atoms with E-state index in [1.165, 1.54) is 24.2 Å². The van der Waals surface area contributed by atoms with Crippen LogP contribution in [0, 0.1) is 0 Å². The lowest BCUT2D eigenvalue weighted by molar-refractivity contribution is -0.136. The second kappa shape index (κ2) is 7.25. The molecular weight excluding hydrogens is 387 g/mol. The van der Waals surface area contributed by atoms with Gasteiger partial charge in [-0.15, -0.1) is 23.1 Å². The summed E-state index contributed by atoms with van der Waals surface area (Å²) < 4.78 is 46.4. The van der Waals surface area contributed by atoms with Gasteiger partial charge >= 0.3 is 6.18 Å². The molecule has 0 radical (unpaired) electrons. The number of rotatable bonds is 5. The number of hydrogen-bond acceptors (Lipinski definition) is 8. The van der Waals surface area contributed by atoms with E-state index in [4.69, 9.17) is 16.2 Å². The highest BCUT2D eigenvalue weighted by Gasteiger charge is 2.35. The lowest BCUT2D eigenvalue weighted by Gasteiger charge is -2.11. The van der Waals surface area contributed by atoms with Crippen LogP contribution in [0.2, 0.25) is 0 Å². The average molecular weight is 401 g/mol. The van der Waals surface area contributed by atoms with E-state index in [1.807, 2.05) is 0 Å². The van der Waals surface area contributed by atoms with Crippen LogP contribution in [0.4, 0.5) is 24.8 Å². The van der Waals surface area contributed by atoms with Gasteiger partial charge in [-0.2, -0.15) is 13.2 Å². The van der Waals surface area contributed by atoms with Crippen LogP contribution in [0.3, 0.4) is 0 Å². The van der Waals surface area contributed by atoms with E-state index in [1.54, 1.807) is 7.11 Å². The van der Waals surface area contributed by atoms with Gasteiger partial charge in [-0.05, 0) is 6.07 Å². The van der Waals surface area contributed by atoms with Crippen LogP contribution in [-0.4, -0.2) is 34.4 Å². The molecule has 0 atom stereocenters. The van der Waals surface area contributed by atoms with Crippen molar-refractivity contribution in [2.45, 2.75) is 10.4 Å². The molecular formula is C15H14F3N5OS2. The molecule has 6 nitrogen and oxygen atoms in total. The first kappa shape index (κ1) is 18.7. The van der Waals surface area contributed by atoms with E-state index in [9.17, 15) is 13.2 Å². The number of methoxy groups -OCH3 is 1. The molecule has 26 heavy (non-hydrogen) atoms. The maximum Gasteiger partial charge on any atom is 0.417 e. The summed E-state index contributed by atoms with van der Waals surface area (Å²) in [6.45, 7) is 0.464. The SMILES string of the molecule is COCCSc1sc2nc(-c3cnc(N)nc3)cc(C(F)(F)F)c2c1N. The Morgan fingerprint density at radius 2 is 1.92 bits per heavy atom. The predicted octanol–water partition coefficient (Wildman–Crippen LogP) is 3.68. The maximum absolute atomic E-state index is 13.6. The molecule has 3 rings (SSSR count). The number of anilines is 2. The molecule has 0 saturated carbocycles. The van der Waals surface area contributed by atoms with Gasteiger partial charge in [0.25, 0.3) is 0 Å². The fraction of sp³-hybridized carbons (Fsp3) is 0.267. The third kappa shape index (κ3) is 3.69. The van der Waals surface area contributed by atoms with Gasteiger partial charge in [-0.25, -0.2) is 15.0 Å². The van der Waals surface area contributed by atoms with Gasteiger partial charge in [0.15, 0.2) is 0 Å². The number of nitrogens with zero attached hydrogens (tertiary/aromatic N) is 3. The van der Waals surface area contributed by atoms with Crippen LogP contribution in [0.1, 0.15) is 5.56 Å². The Morgan fingerprint density at radius 1 is 1.23 bits per heavy atom. The second-order valence-corrected chi connectivity index (χ2v) is 7.57. The zero-order valence-corrected chi connectivity index (χ0v) is 15.1. The Balaban J connectivity index is 2.16. The van der Waals surface area contributed by atoms with Crippen LogP contribution >= 0.6 is 23.1 Å². The first-order valence-corrected chi connectivity index (χ1v) is 9.11. The Hall–Kier alpha value is -2.11. The Morgan fingerprint density at radius 3 is 2.54 bits per heavy atom. The summed E-state index contributed by atoms with van der Waals surface area (Å²) in [6.07, 6.45) is -1.90. The molecule has 0 amide bonds. The Labute approximate surface area is 154 Å². The smallest absolute Gasteiger partial charge is 0.397 e. The van der Waals surface area contributed by atoms with E-state index >= 15 is 0 Å². The molecule has 0 saturated heterocycles. The summed E-state index contributed by atoms with van der Waals surface area (Å²) in [7, 11) is 1.55. The number of halogens is 3. The number of fused-ring (bicyclic) bond motifs is 1. The average Bonchev–Trinajstić information content (AvgIpc) is 2.90. The van der Waals surface area contributed by atoms with Gasteiger partial charge in [0.05, 0.1) is 27.8 Å². The van der Waals surface area contributed by atoms with Gasteiger partial charge in [0, 0.05) is 36.2 Å². The van der Waals surface area contributed by atoms with Crippen molar-refractivity contribution in [1.29, 1.82) is 0 Å². The number of thiophene rings is 1. The predicted molar refractivity (Wildman–Crippen MR) is 97.1 cm³/mol. The van der Waals surface area contributed by atoms with Crippen molar-refractivity contribution in [3.63, 3.8) is 0 Å². The summed E-state index contributed by atoms with van der Waals surface area (Å²) >= 11 is 2.46. The Bertz CT molecular complexity index is 928. The van der Waals surface area contributed by atoms with Crippen LogP contribution in [0.5, 0.6) is 0 Å². The van der Waals surface area contributed by atoms with Crippen LogP contribution < -0.4 is 11.5 Å². The first-order chi connectivity index (χ1) is 12.3. The standard InChI is InChI=1S/C15H14F3N5OS2/c1-24-2-3-25-13-11(19)10-8(15(16,17)18)4-9(23-12(10)26-13)7-5-21-14(20)22-6-7/h4-6H,2-3,19H2,1H3,(H2,20,21,22). The fourth-order valence-electron chi connectivity index (χ4n) is 2.27. The van der Waals surface area contributed by atoms with Gasteiger partial charge in [-0.3, -0.25) is 0 Å². The molecule has 0 fully saturated rings. The molecule has 138 valence electrons. The number of hydrogen-bond donors (Lipinski definition) is 2. The number of nitrogen functional groups attached to an aromatic ring is 2. The minimum Gasteiger partial charge on any atom is -0.397 e. The number of nitrogens with two attached hydrogens (primary N) is 2. The minimum atomic E-state index is -4.58. The summed E-state index contributed by atoms with van der Waals surface area (Å²) in [5, 5.41) is -0.0810. The molecule has 3 heterocycles. The second-order valence-electron chi connectivity index (χ2n) is 5.21. The first-order valence-electron chi connectivity index (χ1n) is 7.31. The fourth-order valence-corrected chi connectivity index (χ4v) is 4.54. The van der Waals surface area contributed by atoms with Crippen molar-refractivity contribution in [1.82, 2.24) is 15.0 Å². The van der Waals surface area contributed by atoms with Gasteiger partial charge in [0.2, 0.25) is 5.95 Å². The molecule has 0 spiro atoms. The third-order valence-electron chi connectivity index (χ3n) is 3.46. The van der Waals surface area contributed by atoms with E-state index in [0.29, 0.717) is 22.1 Å². The molecule has 0 aliphatic rings. The summed E-state index contributed by atoms with van der Waals surface area (Å²) in [5.41, 5.74) is 11.1. The zero-order chi connectivity index (χ0) is 18.9. The number of ether oxygens (including phenoxy) is 1. The van der Waals surface area contributed by atoms with Gasteiger partial charge < -0.3 is 16.2 Å². The van der Waals surface area contributed by atoms with Crippen LogP contribution in [-0.2, 0) is 10.9 Å². The number of aromatic nitrogens is 3. The summed E-state index contributed by atoms with van der Waals surface area (Å²) in [5.74, 6) is 0.608. The largest absolute Gasteiger partial charge is 0.417 e. The number of thioether (sulfide) groups is 1. The summed E-state index contributed by atoms with van der Waals surface area (Å²) in [4.78, 5) is 12.2. The lowest BCUT2D eigenvalue weighted by atomic mass is 10.1. The molecule has 0 aliphatic carbocycles. The molecule has 0 unspecified atom stereocenters. The zero-order valence-electron chi connectivity index (χ0n) is 13.5. The van der Waals surface area contributed by atoms with Gasteiger partial charge in [-0.1, -0.05) is 0 Å². The monoisotopic (exact) mass is 401 g/mol. The van der Waals surface area contributed by atoms with E-state index < -0.39 is 11.7 Å². The normalized spacial score (nSPS) is 12.0. The van der Waals surface area contributed by atoms with Crippen molar-refractivity contribution >= 4 is 45.0 Å². The van der Waals surface area contributed by atoms with Crippen LogP contribution in [0.25, 0.3) is 21.5 Å². The number of alkyl halides is 3. The van der Waals surface area contributed by atoms with Gasteiger partial charge in [0.1, 0.15) is 4.83 Å². The van der Waals surface area contributed by atoms with Crippen molar-refractivity contribution < 1.29 is 17.9 Å². The quantitative estimate of drug-likeness (QED) is 0.497. The molecule has 11 heteroatoms. The summed E-state index contributed by atoms with van der Waals surface area (Å²) in [6, 6.07) is 0.962. The molecule has 0 aromatic carbocycles. The molecule has 4 N–H and O–H groups in total. The Kier molecular flexibility index (Phi) is 5.21. The van der Waals surface area contributed by atoms with Crippen LogP contribution in [0.15, 0.2) is 22.7 Å². The highest BCUT2D eigenvalue weighted by Crippen LogP contribution is 2.46. The van der Waals surface area contributed by atoms with Crippen molar-refractivity contribution in [3.8, 4) is 11.3 Å². The molecule has 3 aromatic heterocycles. The van der Waals surface area contributed by atoms with Crippen molar-refractivity contribution in [3.05, 3.63) is 24.0 Å². The third-order valence-corrected chi connectivity index (χ3v) is 5.81. The highest BCUT2D eigenvalue weighted by molar-refractivity contribution is 8.01. The van der Waals surface area contributed by atoms with Crippen molar-refractivity contribution in [2.24, 2.45) is 0 Å². The maximum atomic E-state index is 13.6.